The van der Waals surface area contributed by atoms with Crippen molar-refractivity contribution in [2.75, 3.05) is 26.2 Å². The Kier molecular flexibility index (Phi) is 4.82. The third-order valence-corrected chi connectivity index (χ3v) is 5.72. The number of carbonyl (C=O) groups excluding carboxylic acids is 1. The largest absolute Gasteiger partial charge is 0.342 e. The van der Waals surface area contributed by atoms with Gasteiger partial charge in [0.25, 0.3) is 0 Å². The molecule has 0 radical (unpaired) electrons. The highest BCUT2D eigenvalue weighted by Gasteiger charge is 2.27. The van der Waals surface area contributed by atoms with Gasteiger partial charge in [-0.2, -0.15) is 4.31 Å². The molecule has 20 heavy (non-hydrogen) atoms. The summed E-state index contributed by atoms with van der Waals surface area (Å²) in [4.78, 5) is 13.3. The van der Waals surface area contributed by atoms with Gasteiger partial charge in [-0.05, 0) is 24.6 Å². The molecule has 1 aromatic rings. The van der Waals surface area contributed by atoms with Gasteiger partial charge in [-0.15, -0.1) is 0 Å². The Labute approximate surface area is 127 Å². The summed E-state index contributed by atoms with van der Waals surface area (Å²) in [6.07, 6.45) is 0.660. The molecule has 1 amide bonds. The maximum absolute atomic E-state index is 12.6. The first-order chi connectivity index (χ1) is 9.41. The number of nitrogens with zero attached hydrogens (tertiary/aromatic N) is 2. The fourth-order valence-electron chi connectivity index (χ4n) is 2.23. The smallest absolute Gasteiger partial charge is 0.243 e. The van der Waals surface area contributed by atoms with Crippen molar-refractivity contribution in [3.05, 3.63) is 28.7 Å². The summed E-state index contributed by atoms with van der Waals surface area (Å²) in [7, 11) is -3.49. The van der Waals surface area contributed by atoms with Gasteiger partial charge in [-0.1, -0.05) is 22.0 Å². The highest BCUT2D eigenvalue weighted by Crippen LogP contribution is 2.21. The zero-order chi connectivity index (χ0) is 14.8. The lowest BCUT2D eigenvalue weighted by Crippen LogP contribution is -2.36. The van der Waals surface area contributed by atoms with Gasteiger partial charge in [0, 0.05) is 37.6 Å². The van der Waals surface area contributed by atoms with E-state index in [-0.39, 0.29) is 10.8 Å². The standard InChI is InChI=1S/C13H17BrN2O3S/c1-11(17)15-6-3-7-16(9-8-15)20(18,19)13-5-2-4-12(14)10-13/h2,4-5,10H,3,6-9H2,1H3. The second-order valence-corrected chi connectivity index (χ2v) is 7.57. The summed E-state index contributed by atoms with van der Waals surface area (Å²) in [6.45, 7) is 3.36. The van der Waals surface area contributed by atoms with Crippen LogP contribution in [0.2, 0.25) is 0 Å². The van der Waals surface area contributed by atoms with Gasteiger partial charge in [0.1, 0.15) is 0 Å². The van der Waals surface area contributed by atoms with Gasteiger partial charge in [-0.3, -0.25) is 4.79 Å². The van der Waals surface area contributed by atoms with E-state index in [1.54, 1.807) is 29.2 Å². The van der Waals surface area contributed by atoms with Crippen LogP contribution in [0.5, 0.6) is 0 Å². The van der Waals surface area contributed by atoms with E-state index in [0.29, 0.717) is 32.6 Å². The number of carbonyl (C=O) groups is 1. The van der Waals surface area contributed by atoms with Crippen molar-refractivity contribution in [1.29, 1.82) is 0 Å². The van der Waals surface area contributed by atoms with Gasteiger partial charge in [0.15, 0.2) is 0 Å². The van der Waals surface area contributed by atoms with Crippen LogP contribution in [-0.2, 0) is 14.8 Å². The van der Waals surface area contributed by atoms with Crippen LogP contribution >= 0.6 is 15.9 Å². The number of hydrogen-bond donors (Lipinski definition) is 0. The lowest BCUT2D eigenvalue weighted by atomic mass is 10.4. The molecule has 110 valence electrons. The number of benzene rings is 1. The van der Waals surface area contributed by atoms with Crippen LogP contribution in [0.1, 0.15) is 13.3 Å². The first-order valence-electron chi connectivity index (χ1n) is 6.42. The Hall–Kier alpha value is -0.920. The Morgan fingerprint density at radius 1 is 1.20 bits per heavy atom. The SMILES string of the molecule is CC(=O)N1CCCN(S(=O)(=O)c2cccc(Br)c2)CC1. The molecule has 5 nitrogen and oxygen atoms in total. The van der Waals surface area contributed by atoms with Crippen LogP contribution in [0.15, 0.2) is 33.6 Å². The van der Waals surface area contributed by atoms with Crippen molar-refractivity contribution in [1.82, 2.24) is 9.21 Å². The molecule has 1 heterocycles. The molecular formula is C13H17BrN2O3S. The van der Waals surface area contributed by atoms with Crippen LogP contribution < -0.4 is 0 Å². The van der Waals surface area contributed by atoms with E-state index < -0.39 is 10.0 Å². The average molecular weight is 361 g/mol. The first-order valence-corrected chi connectivity index (χ1v) is 8.66. The molecule has 0 N–H and O–H groups in total. The second-order valence-electron chi connectivity index (χ2n) is 4.72. The lowest BCUT2D eigenvalue weighted by molar-refractivity contribution is -0.128. The third-order valence-electron chi connectivity index (χ3n) is 3.33. The Morgan fingerprint density at radius 2 is 1.95 bits per heavy atom. The number of sulfonamides is 1. The quantitative estimate of drug-likeness (QED) is 0.806. The zero-order valence-corrected chi connectivity index (χ0v) is 13.7. The molecule has 1 saturated heterocycles. The summed E-state index contributed by atoms with van der Waals surface area (Å²) in [5, 5.41) is 0. The van der Waals surface area contributed by atoms with Crippen LogP contribution in [-0.4, -0.2) is 49.7 Å². The maximum Gasteiger partial charge on any atom is 0.243 e. The van der Waals surface area contributed by atoms with Gasteiger partial charge < -0.3 is 4.90 Å². The van der Waals surface area contributed by atoms with Gasteiger partial charge >= 0.3 is 0 Å². The summed E-state index contributed by atoms with van der Waals surface area (Å²) in [5.74, 6) is -0.00768. The highest BCUT2D eigenvalue weighted by molar-refractivity contribution is 9.10. The number of amides is 1. The molecule has 0 unspecified atom stereocenters. The first kappa shape index (κ1) is 15.5. The van der Waals surface area contributed by atoms with Crippen LogP contribution in [0.4, 0.5) is 0 Å². The number of halogens is 1. The molecule has 1 aromatic carbocycles. The summed E-state index contributed by atoms with van der Waals surface area (Å²) in [6, 6.07) is 6.69. The third kappa shape index (κ3) is 3.39. The molecular weight excluding hydrogens is 344 g/mol. The molecule has 0 spiro atoms. The fourth-order valence-corrected chi connectivity index (χ4v) is 4.29. The molecule has 0 saturated carbocycles. The van der Waals surface area contributed by atoms with E-state index in [0.717, 1.165) is 4.47 Å². The Bertz CT molecular complexity index is 603. The Morgan fingerprint density at radius 3 is 2.60 bits per heavy atom. The van der Waals surface area contributed by atoms with E-state index in [2.05, 4.69) is 15.9 Å². The second kappa shape index (κ2) is 6.24. The molecule has 0 atom stereocenters. The normalized spacial score (nSPS) is 17.8. The number of hydrogen-bond acceptors (Lipinski definition) is 3. The minimum atomic E-state index is -3.49. The van der Waals surface area contributed by atoms with Crippen molar-refractivity contribution < 1.29 is 13.2 Å². The summed E-state index contributed by atoms with van der Waals surface area (Å²) >= 11 is 3.29. The predicted octanol–water partition coefficient (Wildman–Crippen LogP) is 1.69. The van der Waals surface area contributed by atoms with E-state index >= 15 is 0 Å². The van der Waals surface area contributed by atoms with Gasteiger partial charge in [-0.25, -0.2) is 8.42 Å². The molecule has 7 heteroatoms. The van der Waals surface area contributed by atoms with E-state index in [4.69, 9.17) is 0 Å². The molecule has 1 aliphatic heterocycles. The van der Waals surface area contributed by atoms with Crippen molar-refractivity contribution in [2.45, 2.75) is 18.2 Å². The van der Waals surface area contributed by atoms with Crippen LogP contribution in [0, 0.1) is 0 Å². The minimum Gasteiger partial charge on any atom is -0.342 e. The Balaban J connectivity index is 2.20. The lowest BCUT2D eigenvalue weighted by Gasteiger charge is -2.21. The summed E-state index contributed by atoms with van der Waals surface area (Å²) in [5.41, 5.74) is 0. The van der Waals surface area contributed by atoms with Crippen molar-refractivity contribution in [3.63, 3.8) is 0 Å². The topological polar surface area (TPSA) is 57.7 Å². The predicted molar refractivity (Wildman–Crippen MR) is 79.8 cm³/mol. The van der Waals surface area contributed by atoms with Crippen LogP contribution in [0.3, 0.4) is 0 Å². The minimum absolute atomic E-state index is 0.00768. The molecule has 0 bridgehead atoms. The molecule has 1 fully saturated rings. The van der Waals surface area contributed by atoms with Crippen molar-refractivity contribution in [3.8, 4) is 0 Å². The maximum atomic E-state index is 12.6. The zero-order valence-electron chi connectivity index (χ0n) is 11.3. The van der Waals surface area contributed by atoms with Crippen molar-refractivity contribution in [2.24, 2.45) is 0 Å². The molecule has 0 aromatic heterocycles. The van der Waals surface area contributed by atoms with Crippen LogP contribution in [0.25, 0.3) is 0 Å². The van der Waals surface area contributed by atoms with E-state index in [9.17, 15) is 13.2 Å². The van der Waals surface area contributed by atoms with Gasteiger partial charge in [0.2, 0.25) is 15.9 Å². The van der Waals surface area contributed by atoms with E-state index in [1.165, 1.54) is 11.2 Å². The van der Waals surface area contributed by atoms with Crippen molar-refractivity contribution >= 4 is 31.9 Å². The molecule has 0 aliphatic carbocycles. The highest BCUT2D eigenvalue weighted by atomic mass is 79.9. The average Bonchev–Trinajstić information content (AvgIpc) is 2.64. The molecule has 1 aliphatic rings. The molecule has 2 rings (SSSR count). The number of rotatable bonds is 2. The monoisotopic (exact) mass is 360 g/mol. The van der Waals surface area contributed by atoms with E-state index in [1.807, 2.05) is 0 Å². The van der Waals surface area contributed by atoms with Gasteiger partial charge in [0.05, 0.1) is 4.90 Å². The fraction of sp³-hybridized carbons (Fsp3) is 0.462. The summed E-state index contributed by atoms with van der Waals surface area (Å²) < 4.78 is 27.3.